The summed E-state index contributed by atoms with van der Waals surface area (Å²) in [5.41, 5.74) is 3.60. The number of carbonyl (C=O) groups is 1. The number of nitrogens with one attached hydrogen (secondary N) is 1. The minimum atomic E-state index is -2.86. The number of alkyl halides is 2. The molecular weight excluding hydrogens is 469 g/mol. The summed E-state index contributed by atoms with van der Waals surface area (Å²) in [4.78, 5) is 17.5. The molecule has 7 nitrogen and oxygen atoms in total. The third-order valence-electron chi connectivity index (χ3n) is 5.98. The van der Waals surface area contributed by atoms with Gasteiger partial charge in [-0.2, -0.15) is 10.2 Å². The standard InChI is InChI=1S/C26H21F3N6O/c1-15-20(16(2)34(33-15)19-6-4-3-5-7-19)13-30-26(36)21-14-31-35-23(24(28)29)12-22(32-25(21)35)17-8-10-18(27)11-9-17/h3-12,14,24H,13H2,1-2H3,(H,30,36). The molecule has 2 aromatic carbocycles. The van der Waals surface area contributed by atoms with Crippen LogP contribution in [0.25, 0.3) is 22.6 Å². The third-order valence-corrected chi connectivity index (χ3v) is 5.98. The van der Waals surface area contributed by atoms with Crippen LogP contribution in [0.1, 0.15) is 39.4 Å². The van der Waals surface area contributed by atoms with E-state index in [1.807, 2.05) is 44.2 Å². The molecule has 0 atom stereocenters. The maximum atomic E-state index is 13.8. The largest absolute Gasteiger partial charge is 0.348 e. The van der Waals surface area contributed by atoms with Crippen LogP contribution >= 0.6 is 0 Å². The van der Waals surface area contributed by atoms with Gasteiger partial charge in [-0.05, 0) is 56.3 Å². The zero-order chi connectivity index (χ0) is 25.4. The van der Waals surface area contributed by atoms with Gasteiger partial charge in [-0.1, -0.05) is 18.2 Å². The summed E-state index contributed by atoms with van der Waals surface area (Å²) < 4.78 is 43.7. The summed E-state index contributed by atoms with van der Waals surface area (Å²) >= 11 is 0. The summed E-state index contributed by atoms with van der Waals surface area (Å²) in [5.74, 6) is -0.972. The molecule has 36 heavy (non-hydrogen) atoms. The predicted octanol–water partition coefficient (Wildman–Crippen LogP) is 5.21. The first kappa shape index (κ1) is 23.3. The summed E-state index contributed by atoms with van der Waals surface area (Å²) in [7, 11) is 0. The topological polar surface area (TPSA) is 77.1 Å². The smallest absolute Gasteiger partial charge is 0.280 e. The number of rotatable bonds is 6. The Bertz CT molecular complexity index is 1560. The third kappa shape index (κ3) is 4.21. The van der Waals surface area contributed by atoms with Crippen LogP contribution in [0.5, 0.6) is 0 Å². The lowest BCUT2D eigenvalue weighted by Gasteiger charge is -2.09. The molecule has 0 aliphatic heterocycles. The highest BCUT2D eigenvalue weighted by Crippen LogP contribution is 2.27. The molecule has 10 heteroatoms. The first-order chi connectivity index (χ1) is 17.3. The Balaban J connectivity index is 1.46. The fourth-order valence-electron chi connectivity index (χ4n) is 4.09. The molecular formula is C26H21F3N6O. The predicted molar refractivity (Wildman–Crippen MR) is 128 cm³/mol. The number of para-hydroxylation sites is 1. The number of nitrogens with zero attached hydrogens (tertiary/aromatic N) is 5. The first-order valence-corrected chi connectivity index (χ1v) is 11.1. The van der Waals surface area contributed by atoms with E-state index in [1.54, 1.807) is 4.68 Å². The maximum Gasteiger partial charge on any atom is 0.280 e. The van der Waals surface area contributed by atoms with Gasteiger partial charge in [-0.15, -0.1) is 0 Å². The van der Waals surface area contributed by atoms with Crippen molar-refractivity contribution in [1.82, 2.24) is 29.7 Å². The lowest BCUT2D eigenvalue weighted by atomic mass is 10.1. The van der Waals surface area contributed by atoms with Gasteiger partial charge in [0, 0.05) is 23.4 Å². The van der Waals surface area contributed by atoms with Crippen molar-refractivity contribution >= 4 is 11.6 Å². The van der Waals surface area contributed by atoms with Crippen molar-refractivity contribution in [2.45, 2.75) is 26.8 Å². The molecule has 0 aliphatic rings. The molecule has 5 rings (SSSR count). The Kier molecular flexibility index (Phi) is 6.01. The number of amides is 1. The van der Waals surface area contributed by atoms with Crippen molar-refractivity contribution in [3.8, 4) is 16.9 Å². The van der Waals surface area contributed by atoms with Gasteiger partial charge in [-0.25, -0.2) is 27.4 Å². The van der Waals surface area contributed by atoms with E-state index in [4.69, 9.17) is 0 Å². The molecule has 0 spiro atoms. The van der Waals surface area contributed by atoms with Crippen LogP contribution in [-0.2, 0) is 6.54 Å². The molecule has 0 radical (unpaired) electrons. The molecule has 1 N–H and O–H groups in total. The van der Waals surface area contributed by atoms with Crippen LogP contribution < -0.4 is 5.32 Å². The van der Waals surface area contributed by atoms with Gasteiger partial charge in [0.1, 0.15) is 17.1 Å². The van der Waals surface area contributed by atoms with E-state index in [-0.39, 0.29) is 23.4 Å². The molecule has 0 bridgehead atoms. The van der Waals surface area contributed by atoms with Crippen molar-refractivity contribution in [2.75, 3.05) is 0 Å². The normalized spacial score (nSPS) is 11.4. The molecule has 5 aromatic rings. The molecule has 0 unspecified atom stereocenters. The van der Waals surface area contributed by atoms with Crippen LogP contribution in [0.2, 0.25) is 0 Å². The Labute approximate surface area is 204 Å². The second kappa shape index (κ2) is 9.29. The van der Waals surface area contributed by atoms with E-state index in [9.17, 15) is 18.0 Å². The van der Waals surface area contributed by atoms with Gasteiger partial charge in [-0.3, -0.25) is 4.79 Å². The number of halogens is 3. The molecule has 0 saturated carbocycles. The Morgan fingerprint density at radius 2 is 1.78 bits per heavy atom. The number of fused-ring (bicyclic) bond motifs is 1. The van der Waals surface area contributed by atoms with E-state index >= 15 is 0 Å². The number of hydrogen-bond acceptors (Lipinski definition) is 4. The van der Waals surface area contributed by atoms with Gasteiger partial charge >= 0.3 is 0 Å². The van der Waals surface area contributed by atoms with Crippen LogP contribution in [0.15, 0.2) is 66.9 Å². The highest BCUT2D eigenvalue weighted by Gasteiger charge is 2.22. The van der Waals surface area contributed by atoms with Crippen molar-refractivity contribution < 1.29 is 18.0 Å². The maximum absolute atomic E-state index is 13.8. The van der Waals surface area contributed by atoms with Crippen molar-refractivity contribution in [1.29, 1.82) is 0 Å². The molecule has 0 fully saturated rings. The quantitative estimate of drug-likeness (QED) is 0.355. The SMILES string of the molecule is Cc1nn(-c2ccccc2)c(C)c1CNC(=O)c1cnn2c(C(F)F)cc(-c3ccc(F)cc3)nc12. The van der Waals surface area contributed by atoms with E-state index in [1.165, 1.54) is 36.5 Å². The number of aryl methyl sites for hydroxylation is 1. The van der Waals surface area contributed by atoms with Gasteiger partial charge in [0.2, 0.25) is 0 Å². The highest BCUT2D eigenvalue weighted by molar-refractivity contribution is 5.99. The number of hydrogen-bond donors (Lipinski definition) is 1. The Morgan fingerprint density at radius 3 is 2.47 bits per heavy atom. The fourth-order valence-corrected chi connectivity index (χ4v) is 4.09. The lowest BCUT2D eigenvalue weighted by Crippen LogP contribution is -2.23. The van der Waals surface area contributed by atoms with Crippen molar-refractivity contribution in [3.63, 3.8) is 0 Å². The fraction of sp³-hybridized carbons (Fsp3) is 0.154. The molecule has 1 amide bonds. The zero-order valence-corrected chi connectivity index (χ0v) is 19.4. The van der Waals surface area contributed by atoms with Gasteiger partial charge in [0.15, 0.2) is 5.65 Å². The van der Waals surface area contributed by atoms with E-state index in [0.717, 1.165) is 27.2 Å². The highest BCUT2D eigenvalue weighted by atomic mass is 19.3. The number of benzene rings is 2. The summed E-state index contributed by atoms with van der Waals surface area (Å²) in [6, 6.07) is 16.1. The molecule has 0 aliphatic carbocycles. The second-order valence-electron chi connectivity index (χ2n) is 8.25. The summed E-state index contributed by atoms with van der Waals surface area (Å²) in [6.07, 6.45) is -1.65. The van der Waals surface area contributed by atoms with E-state index < -0.39 is 23.8 Å². The van der Waals surface area contributed by atoms with Crippen LogP contribution in [0.4, 0.5) is 13.2 Å². The number of aromatic nitrogens is 5. The lowest BCUT2D eigenvalue weighted by molar-refractivity contribution is 0.0952. The summed E-state index contributed by atoms with van der Waals surface area (Å²) in [6.45, 7) is 3.95. The number of carbonyl (C=O) groups excluding carboxylic acids is 1. The van der Waals surface area contributed by atoms with Crippen LogP contribution in [0.3, 0.4) is 0 Å². The van der Waals surface area contributed by atoms with Crippen molar-refractivity contribution in [2.24, 2.45) is 0 Å². The zero-order valence-electron chi connectivity index (χ0n) is 19.4. The molecule has 0 saturated heterocycles. The minimum absolute atomic E-state index is 0.0157. The second-order valence-corrected chi connectivity index (χ2v) is 8.25. The van der Waals surface area contributed by atoms with Gasteiger partial charge in [0.25, 0.3) is 12.3 Å². The van der Waals surface area contributed by atoms with E-state index in [2.05, 4.69) is 20.5 Å². The van der Waals surface area contributed by atoms with Crippen molar-refractivity contribution in [3.05, 3.63) is 101 Å². The minimum Gasteiger partial charge on any atom is -0.348 e. The summed E-state index contributed by atoms with van der Waals surface area (Å²) in [5, 5.41) is 11.4. The average molecular weight is 490 g/mol. The van der Waals surface area contributed by atoms with Gasteiger partial charge in [0.05, 0.1) is 23.3 Å². The first-order valence-electron chi connectivity index (χ1n) is 11.1. The molecule has 3 heterocycles. The van der Waals surface area contributed by atoms with Gasteiger partial charge < -0.3 is 5.32 Å². The Hall–Kier alpha value is -4.47. The molecule has 182 valence electrons. The average Bonchev–Trinajstić information content (AvgIpc) is 3.43. The molecule has 3 aromatic heterocycles. The van der Waals surface area contributed by atoms with Crippen LogP contribution in [-0.4, -0.2) is 30.3 Å². The van der Waals surface area contributed by atoms with Crippen LogP contribution in [0, 0.1) is 19.7 Å². The monoisotopic (exact) mass is 490 g/mol. The Morgan fingerprint density at radius 1 is 1.06 bits per heavy atom. The van der Waals surface area contributed by atoms with E-state index in [0.29, 0.717) is 5.56 Å².